The van der Waals surface area contributed by atoms with Crippen molar-refractivity contribution in [1.29, 1.82) is 5.26 Å². The van der Waals surface area contributed by atoms with Crippen LogP contribution < -0.4 is 0 Å². The Kier molecular flexibility index (Phi) is 4.20. The largest absolute Gasteiger partial charge is 0.293 e. The summed E-state index contributed by atoms with van der Waals surface area (Å²) >= 11 is 7.05. The zero-order valence-electron chi connectivity index (χ0n) is 7.74. The SMILES string of the molecule is N#Cc1c(C(=O)CCl)ccc([N+](=O)[O-])c1I. The van der Waals surface area contributed by atoms with E-state index in [0.717, 1.165) is 0 Å². The Hall–Kier alpha value is -1.20. The van der Waals surface area contributed by atoms with Gasteiger partial charge in [0.25, 0.3) is 5.69 Å². The van der Waals surface area contributed by atoms with Gasteiger partial charge in [0, 0.05) is 11.6 Å². The van der Waals surface area contributed by atoms with Gasteiger partial charge >= 0.3 is 0 Å². The summed E-state index contributed by atoms with van der Waals surface area (Å²) < 4.78 is 0.154. The second-order valence-corrected chi connectivity index (χ2v) is 4.09. The molecule has 0 heterocycles. The van der Waals surface area contributed by atoms with Gasteiger partial charge in [-0.1, -0.05) is 0 Å². The molecule has 16 heavy (non-hydrogen) atoms. The van der Waals surface area contributed by atoms with Crippen LogP contribution in [0.15, 0.2) is 12.1 Å². The number of Topliss-reactive ketones (excluding diaryl/α,β-unsaturated/α-hetero) is 1. The monoisotopic (exact) mass is 350 g/mol. The summed E-state index contributed by atoms with van der Waals surface area (Å²) in [6.45, 7) is 0. The first-order valence-electron chi connectivity index (χ1n) is 3.99. The fraction of sp³-hybridized carbons (Fsp3) is 0.111. The second kappa shape index (κ2) is 5.23. The van der Waals surface area contributed by atoms with E-state index < -0.39 is 10.7 Å². The number of nitro groups is 1. The first-order chi connectivity index (χ1) is 7.52. The number of benzene rings is 1. The summed E-state index contributed by atoms with van der Waals surface area (Å²) in [6, 6.07) is 4.23. The van der Waals surface area contributed by atoms with E-state index in [2.05, 4.69) is 0 Å². The first kappa shape index (κ1) is 12.9. The van der Waals surface area contributed by atoms with Gasteiger partial charge in [0.1, 0.15) is 9.64 Å². The van der Waals surface area contributed by atoms with E-state index in [4.69, 9.17) is 16.9 Å². The molecule has 5 nitrogen and oxygen atoms in total. The minimum atomic E-state index is -0.600. The molecule has 82 valence electrons. The van der Waals surface area contributed by atoms with Crippen LogP contribution in [0.2, 0.25) is 0 Å². The predicted octanol–water partition coefficient (Wildman–Crippen LogP) is 2.49. The molecule has 1 rings (SSSR count). The average molecular weight is 350 g/mol. The molecule has 0 saturated carbocycles. The fourth-order valence-corrected chi connectivity index (χ4v) is 2.05. The van der Waals surface area contributed by atoms with Crippen molar-refractivity contribution in [3.8, 4) is 6.07 Å². The van der Waals surface area contributed by atoms with Gasteiger partial charge in [-0.25, -0.2) is 0 Å². The highest BCUT2D eigenvalue weighted by atomic mass is 127. The summed E-state index contributed by atoms with van der Waals surface area (Å²) in [5.74, 6) is -0.686. The summed E-state index contributed by atoms with van der Waals surface area (Å²) in [5.41, 5.74) is -0.0729. The molecular formula is C9H4ClIN2O3. The molecule has 0 aromatic heterocycles. The van der Waals surface area contributed by atoms with Crippen LogP contribution in [0.4, 0.5) is 5.69 Å². The standard InChI is InChI=1S/C9H4ClIN2O3/c10-3-8(14)5-1-2-7(13(15)16)9(11)6(5)4-12/h1-2H,3H2. The number of hydrogen-bond acceptors (Lipinski definition) is 4. The quantitative estimate of drug-likeness (QED) is 0.276. The van der Waals surface area contributed by atoms with Crippen molar-refractivity contribution in [1.82, 2.24) is 0 Å². The predicted molar refractivity (Wildman–Crippen MR) is 65.6 cm³/mol. The van der Waals surface area contributed by atoms with Crippen molar-refractivity contribution >= 4 is 45.7 Å². The van der Waals surface area contributed by atoms with Crippen LogP contribution in [0.1, 0.15) is 15.9 Å². The number of nitro benzene ring substituents is 1. The maximum Gasteiger partial charge on any atom is 0.284 e. The molecule has 0 aliphatic heterocycles. The Bertz CT molecular complexity index is 510. The highest BCUT2D eigenvalue weighted by Crippen LogP contribution is 2.27. The van der Waals surface area contributed by atoms with Crippen molar-refractivity contribution < 1.29 is 9.72 Å². The van der Waals surface area contributed by atoms with E-state index in [0.29, 0.717) is 0 Å². The fourth-order valence-electron chi connectivity index (χ4n) is 1.12. The van der Waals surface area contributed by atoms with Gasteiger partial charge in [-0.05, 0) is 28.7 Å². The Balaban J connectivity index is 3.48. The third-order valence-electron chi connectivity index (χ3n) is 1.85. The molecule has 0 aliphatic carbocycles. The van der Waals surface area contributed by atoms with E-state index in [1.807, 2.05) is 0 Å². The molecule has 0 amide bonds. The Morgan fingerprint density at radius 3 is 2.69 bits per heavy atom. The van der Waals surface area contributed by atoms with Gasteiger partial charge in [0.05, 0.1) is 16.4 Å². The van der Waals surface area contributed by atoms with E-state index in [1.165, 1.54) is 12.1 Å². The molecule has 0 unspecified atom stereocenters. The van der Waals surface area contributed by atoms with Crippen LogP contribution in [0.25, 0.3) is 0 Å². The molecule has 1 aromatic carbocycles. The second-order valence-electron chi connectivity index (χ2n) is 2.75. The van der Waals surface area contributed by atoms with Gasteiger partial charge in [-0.3, -0.25) is 14.9 Å². The maximum absolute atomic E-state index is 11.4. The van der Waals surface area contributed by atoms with Gasteiger partial charge in [0.2, 0.25) is 0 Å². The van der Waals surface area contributed by atoms with E-state index in [9.17, 15) is 14.9 Å². The van der Waals surface area contributed by atoms with Crippen molar-refractivity contribution in [2.45, 2.75) is 0 Å². The van der Waals surface area contributed by atoms with E-state index >= 15 is 0 Å². The molecule has 0 spiro atoms. The highest BCUT2D eigenvalue weighted by Gasteiger charge is 2.21. The van der Waals surface area contributed by atoms with Crippen LogP contribution in [-0.4, -0.2) is 16.6 Å². The molecule has 1 aromatic rings. The molecule has 7 heteroatoms. The lowest BCUT2D eigenvalue weighted by molar-refractivity contribution is -0.385. The maximum atomic E-state index is 11.4. The molecule has 0 aliphatic rings. The molecule has 0 radical (unpaired) electrons. The topological polar surface area (TPSA) is 84.0 Å². The highest BCUT2D eigenvalue weighted by molar-refractivity contribution is 14.1. The molecular weight excluding hydrogens is 346 g/mol. The number of hydrogen-bond donors (Lipinski definition) is 0. The van der Waals surface area contributed by atoms with Crippen LogP contribution in [0, 0.1) is 25.0 Å². The zero-order valence-corrected chi connectivity index (χ0v) is 10.7. The molecule has 0 N–H and O–H groups in total. The lowest BCUT2D eigenvalue weighted by Gasteiger charge is -2.03. The minimum Gasteiger partial charge on any atom is -0.293 e. The molecule has 0 fully saturated rings. The molecule has 0 atom stereocenters. The number of halogens is 2. The van der Waals surface area contributed by atoms with Crippen molar-refractivity contribution in [3.63, 3.8) is 0 Å². The number of nitrogens with zero attached hydrogens (tertiary/aromatic N) is 2. The zero-order chi connectivity index (χ0) is 12.3. The van der Waals surface area contributed by atoms with Crippen LogP contribution in [0.5, 0.6) is 0 Å². The van der Waals surface area contributed by atoms with E-state index in [-0.39, 0.29) is 26.3 Å². The van der Waals surface area contributed by atoms with Gasteiger partial charge in [0.15, 0.2) is 5.78 Å². The lowest BCUT2D eigenvalue weighted by Crippen LogP contribution is -2.06. The van der Waals surface area contributed by atoms with Crippen molar-refractivity contribution in [3.05, 3.63) is 36.9 Å². The van der Waals surface area contributed by atoms with Crippen molar-refractivity contribution in [2.75, 3.05) is 5.88 Å². The van der Waals surface area contributed by atoms with Gasteiger partial charge in [-0.2, -0.15) is 5.26 Å². The first-order valence-corrected chi connectivity index (χ1v) is 5.60. The summed E-state index contributed by atoms with van der Waals surface area (Å²) in [6.07, 6.45) is 0. The molecule has 0 saturated heterocycles. The van der Waals surface area contributed by atoms with E-state index in [1.54, 1.807) is 28.7 Å². The normalized spacial score (nSPS) is 9.56. The Morgan fingerprint density at radius 2 is 2.25 bits per heavy atom. The molecule has 0 bridgehead atoms. The average Bonchev–Trinajstić information content (AvgIpc) is 2.26. The minimum absolute atomic E-state index is 0.000417. The number of alkyl halides is 1. The summed E-state index contributed by atoms with van der Waals surface area (Å²) in [5, 5.41) is 19.5. The number of carbonyl (C=O) groups excluding carboxylic acids is 1. The Labute approximate surface area is 109 Å². The van der Waals surface area contributed by atoms with Crippen molar-refractivity contribution in [2.24, 2.45) is 0 Å². The number of ketones is 1. The number of carbonyl (C=O) groups is 1. The smallest absolute Gasteiger partial charge is 0.284 e. The summed E-state index contributed by atoms with van der Waals surface area (Å²) in [4.78, 5) is 21.4. The summed E-state index contributed by atoms with van der Waals surface area (Å²) in [7, 11) is 0. The third kappa shape index (κ3) is 2.31. The van der Waals surface area contributed by atoms with Gasteiger partial charge < -0.3 is 0 Å². The van der Waals surface area contributed by atoms with Gasteiger partial charge in [-0.15, -0.1) is 11.6 Å². The Morgan fingerprint density at radius 1 is 1.62 bits per heavy atom. The van der Waals surface area contributed by atoms with Crippen LogP contribution in [0.3, 0.4) is 0 Å². The number of nitriles is 1. The lowest BCUT2D eigenvalue weighted by atomic mass is 10.0. The van der Waals surface area contributed by atoms with Crippen LogP contribution >= 0.6 is 34.2 Å². The number of rotatable bonds is 3. The third-order valence-corrected chi connectivity index (χ3v) is 3.19. The van der Waals surface area contributed by atoms with Crippen LogP contribution in [-0.2, 0) is 0 Å².